The van der Waals surface area contributed by atoms with Crippen LogP contribution in [-0.2, 0) is 9.59 Å². The fourth-order valence-corrected chi connectivity index (χ4v) is 1.55. The molecular formula is C10H12N4O2. The lowest BCUT2D eigenvalue weighted by Gasteiger charge is -2.33. The first-order valence-corrected chi connectivity index (χ1v) is 4.94. The van der Waals surface area contributed by atoms with Gasteiger partial charge in [-0.15, -0.1) is 0 Å². The summed E-state index contributed by atoms with van der Waals surface area (Å²) in [5, 5.41) is 8.38. The SMILES string of the molecule is [C-]#[N+]CC(=O)N1CCN(C(=O)CC#N)CC1. The van der Waals surface area contributed by atoms with E-state index in [1.54, 1.807) is 9.80 Å². The fourth-order valence-electron chi connectivity index (χ4n) is 1.55. The van der Waals surface area contributed by atoms with Gasteiger partial charge in [-0.3, -0.25) is 9.59 Å². The molecule has 1 saturated heterocycles. The molecule has 1 heterocycles. The molecule has 0 aromatic rings. The van der Waals surface area contributed by atoms with Gasteiger partial charge in [0.1, 0.15) is 6.42 Å². The number of nitriles is 1. The van der Waals surface area contributed by atoms with Gasteiger partial charge in [0.25, 0.3) is 6.54 Å². The van der Waals surface area contributed by atoms with Gasteiger partial charge in [0.15, 0.2) is 0 Å². The summed E-state index contributed by atoms with van der Waals surface area (Å²) in [4.78, 5) is 28.9. The van der Waals surface area contributed by atoms with Crippen molar-refractivity contribution in [2.24, 2.45) is 0 Å². The van der Waals surface area contributed by atoms with Crippen LogP contribution in [0.1, 0.15) is 6.42 Å². The van der Waals surface area contributed by atoms with E-state index in [9.17, 15) is 9.59 Å². The topological polar surface area (TPSA) is 68.8 Å². The summed E-state index contributed by atoms with van der Waals surface area (Å²) >= 11 is 0. The smallest absolute Gasteiger partial charge is 0.302 e. The maximum Gasteiger partial charge on any atom is 0.302 e. The van der Waals surface area contributed by atoms with Crippen molar-refractivity contribution in [3.05, 3.63) is 11.4 Å². The van der Waals surface area contributed by atoms with Crippen LogP contribution in [0.2, 0.25) is 0 Å². The second-order valence-electron chi connectivity index (χ2n) is 3.41. The second-order valence-corrected chi connectivity index (χ2v) is 3.41. The van der Waals surface area contributed by atoms with E-state index in [-0.39, 0.29) is 24.8 Å². The van der Waals surface area contributed by atoms with Crippen LogP contribution in [0, 0.1) is 17.9 Å². The number of piperazine rings is 1. The predicted octanol–water partition coefficient (Wildman–Crippen LogP) is -0.510. The van der Waals surface area contributed by atoms with Crippen LogP contribution in [0.3, 0.4) is 0 Å². The molecule has 0 aliphatic carbocycles. The van der Waals surface area contributed by atoms with Gasteiger partial charge in [-0.05, 0) is 0 Å². The summed E-state index contributed by atoms with van der Waals surface area (Å²) in [6.45, 7) is 8.26. The molecule has 0 aromatic carbocycles. The van der Waals surface area contributed by atoms with Crippen molar-refractivity contribution < 1.29 is 9.59 Å². The summed E-state index contributed by atoms with van der Waals surface area (Å²) in [6.07, 6.45) is -0.115. The van der Waals surface area contributed by atoms with E-state index in [1.807, 2.05) is 6.07 Å². The third-order valence-electron chi connectivity index (χ3n) is 2.43. The Kier molecular flexibility index (Phi) is 4.28. The fraction of sp³-hybridized carbons (Fsp3) is 0.600. The van der Waals surface area contributed by atoms with E-state index in [4.69, 9.17) is 11.8 Å². The van der Waals surface area contributed by atoms with Crippen molar-refractivity contribution in [1.29, 1.82) is 5.26 Å². The Morgan fingerprint density at radius 3 is 2.12 bits per heavy atom. The normalized spacial score (nSPS) is 15.1. The number of carbonyl (C=O) groups excluding carboxylic acids is 2. The highest BCUT2D eigenvalue weighted by Gasteiger charge is 2.24. The average Bonchev–Trinajstić information content (AvgIpc) is 2.30. The Balaban J connectivity index is 2.40. The number of hydrogen-bond acceptors (Lipinski definition) is 3. The Morgan fingerprint density at radius 1 is 1.19 bits per heavy atom. The molecule has 2 amide bonds. The zero-order valence-electron chi connectivity index (χ0n) is 8.85. The van der Waals surface area contributed by atoms with Gasteiger partial charge in [-0.2, -0.15) is 5.26 Å². The van der Waals surface area contributed by atoms with E-state index >= 15 is 0 Å². The average molecular weight is 220 g/mol. The minimum atomic E-state index is -0.195. The van der Waals surface area contributed by atoms with Gasteiger partial charge in [0.2, 0.25) is 5.91 Å². The maximum atomic E-state index is 11.4. The monoisotopic (exact) mass is 220 g/mol. The Bertz CT molecular complexity index is 322. The molecule has 84 valence electrons. The van der Waals surface area contributed by atoms with Crippen LogP contribution in [0.25, 0.3) is 4.85 Å². The molecule has 0 spiro atoms. The molecular weight excluding hydrogens is 208 g/mol. The van der Waals surface area contributed by atoms with E-state index in [1.165, 1.54) is 0 Å². The standard InChI is InChI=1S/C10H12N4O2/c1-12-8-10(16)14-6-4-13(5-7-14)9(15)2-3-11/h2,4-8H2. The molecule has 0 saturated carbocycles. The summed E-state index contributed by atoms with van der Waals surface area (Å²) in [5.41, 5.74) is 0. The molecule has 1 aliphatic rings. The van der Waals surface area contributed by atoms with Gasteiger partial charge in [0, 0.05) is 26.2 Å². The highest BCUT2D eigenvalue weighted by Crippen LogP contribution is 2.04. The Labute approximate surface area is 93.9 Å². The summed E-state index contributed by atoms with van der Waals surface area (Å²) in [7, 11) is 0. The van der Waals surface area contributed by atoms with E-state index in [0.29, 0.717) is 26.2 Å². The molecule has 0 bridgehead atoms. The molecule has 0 unspecified atom stereocenters. The highest BCUT2D eigenvalue weighted by molar-refractivity contribution is 5.81. The lowest BCUT2D eigenvalue weighted by molar-refractivity contribution is -0.137. The molecule has 1 rings (SSSR count). The van der Waals surface area contributed by atoms with Gasteiger partial charge < -0.3 is 14.6 Å². The first kappa shape index (κ1) is 12.0. The van der Waals surface area contributed by atoms with Crippen LogP contribution in [0.4, 0.5) is 0 Å². The van der Waals surface area contributed by atoms with Crippen molar-refractivity contribution in [3.8, 4) is 6.07 Å². The lowest BCUT2D eigenvalue weighted by atomic mass is 10.3. The van der Waals surface area contributed by atoms with Gasteiger partial charge in [-0.1, -0.05) is 0 Å². The minimum Gasteiger partial charge on any atom is -0.338 e. The van der Waals surface area contributed by atoms with Crippen molar-refractivity contribution in [2.45, 2.75) is 6.42 Å². The van der Waals surface area contributed by atoms with E-state index < -0.39 is 0 Å². The van der Waals surface area contributed by atoms with Crippen LogP contribution in [0.15, 0.2) is 0 Å². The molecule has 0 radical (unpaired) electrons. The molecule has 6 heteroatoms. The molecule has 1 aliphatic heterocycles. The minimum absolute atomic E-state index is 0.115. The summed E-state index contributed by atoms with van der Waals surface area (Å²) in [6, 6.07) is 1.81. The molecule has 0 atom stereocenters. The van der Waals surface area contributed by atoms with Gasteiger partial charge >= 0.3 is 5.91 Å². The first-order chi connectivity index (χ1) is 7.69. The molecule has 0 N–H and O–H groups in total. The number of hydrogen-bond donors (Lipinski definition) is 0. The van der Waals surface area contributed by atoms with Gasteiger partial charge in [-0.25, -0.2) is 6.57 Å². The van der Waals surface area contributed by atoms with Crippen LogP contribution < -0.4 is 0 Å². The maximum absolute atomic E-state index is 11.4. The third kappa shape index (κ3) is 2.96. The van der Waals surface area contributed by atoms with Crippen molar-refractivity contribution in [3.63, 3.8) is 0 Å². The van der Waals surface area contributed by atoms with Gasteiger partial charge in [0.05, 0.1) is 6.07 Å². The summed E-state index contributed by atoms with van der Waals surface area (Å²) < 4.78 is 0. The predicted molar refractivity (Wildman–Crippen MR) is 54.9 cm³/mol. The molecule has 6 nitrogen and oxygen atoms in total. The van der Waals surface area contributed by atoms with E-state index in [2.05, 4.69) is 4.85 Å². The Morgan fingerprint density at radius 2 is 1.69 bits per heavy atom. The Hall–Kier alpha value is -2.08. The van der Waals surface area contributed by atoms with Crippen molar-refractivity contribution in [1.82, 2.24) is 9.80 Å². The quantitative estimate of drug-likeness (QED) is 0.588. The molecule has 16 heavy (non-hydrogen) atoms. The zero-order valence-corrected chi connectivity index (χ0v) is 8.85. The van der Waals surface area contributed by atoms with Crippen LogP contribution in [0.5, 0.6) is 0 Å². The second kappa shape index (κ2) is 5.72. The summed E-state index contributed by atoms with van der Waals surface area (Å²) in [5.74, 6) is -0.387. The zero-order chi connectivity index (χ0) is 12.0. The molecule has 1 fully saturated rings. The highest BCUT2D eigenvalue weighted by atomic mass is 16.2. The number of amides is 2. The number of carbonyl (C=O) groups is 2. The molecule has 0 aromatic heterocycles. The first-order valence-electron chi connectivity index (χ1n) is 4.94. The third-order valence-corrected chi connectivity index (χ3v) is 2.43. The van der Waals surface area contributed by atoms with Crippen molar-refractivity contribution >= 4 is 11.8 Å². The number of nitrogens with zero attached hydrogens (tertiary/aromatic N) is 4. The largest absolute Gasteiger partial charge is 0.338 e. The number of rotatable bonds is 2. The lowest BCUT2D eigenvalue weighted by Crippen LogP contribution is -2.51. The van der Waals surface area contributed by atoms with Crippen LogP contribution >= 0.6 is 0 Å². The van der Waals surface area contributed by atoms with Crippen molar-refractivity contribution in [2.75, 3.05) is 32.7 Å². The van der Waals surface area contributed by atoms with E-state index in [0.717, 1.165) is 0 Å². The van der Waals surface area contributed by atoms with Crippen LogP contribution in [-0.4, -0.2) is 54.3 Å².